The molecule has 0 aliphatic carbocycles. The summed E-state index contributed by atoms with van der Waals surface area (Å²) < 4.78 is 0. The maximum atomic E-state index is 11.3. The lowest BCUT2D eigenvalue weighted by Gasteiger charge is -2.29. The van der Waals surface area contributed by atoms with Crippen molar-refractivity contribution < 1.29 is 15.0 Å². The molecule has 0 aromatic heterocycles. The highest BCUT2D eigenvalue weighted by atomic mass is 16.3. The van der Waals surface area contributed by atoms with Crippen molar-refractivity contribution in [3.63, 3.8) is 0 Å². The van der Waals surface area contributed by atoms with E-state index in [1.54, 1.807) is 19.0 Å². The van der Waals surface area contributed by atoms with E-state index >= 15 is 0 Å². The Morgan fingerprint density at radius 1 is 1.31 bits per heavy atom. The minimum Gasteiger partial charge on any atom is -0.394 e. The first-order valence-corrected chi connectivity index (χ1v) is 5.68. The number of hydrogen-bond acceptors (Lipinski definition) is 4. The second-order valence-corrected chi connectivity index (χ2v) is 4.27. The molecule has 0 radical (unpaired) electrons. The topological polar surface area (TPSA) is 72.8 Å². The SMILES string of the molecule is CCC(CO)(CO)NCCCC(=O)N(C)C. The Hall–Kier alpha value is -0.650. The van der Waals surface area contributed by atoms with Crippen LogP contribution >= 0.6 is 0 Å². The fourth-order valence-corrected chi connectivity index (χ4v) is 1.33. The first-order valence-electron chi connectivity index (χ1n) is 5.68. The molecule has 16 heavy (non-hydrogen) atoms. The van der Waals surface area contributed by atoms with Gasteiger partial charge in [-0.05, 0) is 19.4 Å². The van der Waals surface area contributed by atoms with E-state index in [4.69, 9.17) is 0 Å². The van der Waals surface area contributed by atoms with Crippen LogP contribution in [0.5, 0.6) is 0 Å². The molecule has 0 aliphatic heterocycles. The van der Waals surface area contributed by atoms with Crippen molar-refractivity contribution in [1.82, 2.24) is 10.2 Å². The summed E-state index contributed by atoms with van der Waals surface area (Å²) in [7, 11) is 3.46. The molecule has 3 N–H and O–H groups in total. The van der Waals surface area contributed by atoms with E-state index in [-0.39, 0.29) is 19.1 Å². The van der Waals surface area contributed by atoms with E-state index in [0.29, 0.717) is 25.8 Å². The summed E-state index contributed by atoms with van der Waals surface area (Å²) >= 11 is 0. The number of carbonyl (C=O) groups is 1. The molecule has 0 saturated heterocycles. The number of aliphatic hydroxyl groups is 2. The highest BCUT2D eigenvalue weighted by Crippen LogP contribution is 2.08. The Balaban J connectivity index is 3.83. The van der Waals surface area contributed by atoms with Gasteiger partial charge in [0.1, 0.15) is 0 Å². The molecule has 0 unspecified atom stereocenters. The molecule has 96 valence electrons. The summed E-state index contributed by atoms with van der Waals surface area (Å²) in [6.07, 6.45) is 1.84. The van der Waals surface area contributed by atoms with Gasteiger partial charge in [-0.15, -0.1) is 0 Å². The van der Waals surface area contributed by atoms with Gasteiger partial charge in [0.15, 0.2) is 0 Å². The molecule has 0 bridgehead atoms. The van der Waals surface area contributed by atoms with Crippen LogP contribution in [0.3, 0.4) is 0 Å². The molecule has 1 amide bonds. The monoisotopic (exact) mass is 232 g/mol. The van der Waals surface area contributed by atoms with E-state index in [1.165, 1.54) is 0 Å². The minimum absolute atomic E-state index is 0.0943. The molecule has 5 heteroatoms. The lowest BCUT2D eigenvalue weighted by molar-refractivity contribution is -0.128. The maximum absolute atomic E-state index is 11.3. The van der Waals surface area contributed by atoms with Crippen molar-refractivity contribution >= 4 is 5.91 Å². The standard InChI is InChI=1S/C11H24N2O3/c1-4-11(8-14,9-15)12-7-5-6-10(16)13(2)3/h12,14-15H,4-9H2,1-3H3. The Morgan fingerprint density at radius 2 is 1.88 bits per heavy atom. The van der Waals surface area contributed by atoms with Gasteiger partial charge >= 0.3 is 0 Å². The predicted octanol–water partition coefficient (Wildman–Crippen LogP) is -0.422. The summed E-state index contributed by atoms with van der Waals surface area (Å²) in [4.78, 5) is 12.8. The van der Waals surface area contributed by atoms with Gasteiger partial charge in [0.05, 0.1) is 18.8 Å². The molecule has 0 saturated carbocycles. The van der Waals surface area contributed by atoms with Gasteiger partial charge in [-0.3, -0.25) is 4.79 Å². The minimum atomic E-state index is -0.610. The van der Waals surface area contributed by atoms with Crippen molar-refractivity contribution in [2.45, 2.75) is 31.7 Å². The highest BCUT2D eigenvalue weighted by molar-refractivity contribution is 5.75. The zero-order chi connectivity index (χ0) is 12.6. The Morgan fingerprint density at radius 3 is 2.25 bits per heavy atom. The molecule has 0 spiro atoms. The first-order chi connectivity index (χ1) is 7.51. The Labute approximate surface area is 97.4 Å². The molecule has 5 nitrogen and oxygen atoms in total. The lowest BCUT2D eigenvalue weighted by Crippen LogP contribution is -2.51. The van der Waals surface area contributed by atoms with Gasteiger partial charge in [-0.2, -0.15) is 0 Å². The summed E-state index contributed by atoms with van der Waals surface area (Å²) in [5.41, 5.74) is -0.610. The van der Waals surface area contributed by atoms with Crippen LogP contribution < -0.4 is 5.32 Å². The fourth-order valence-electron chi connectivity index (χ4n) is 1.33. The molecule has 0 atom stereocenters. The molecular weight excluding hydrogens is 208 g/mol. The highest BCUT2D eigenvalue weighted by Gasteiger charge is 2.25. The van der Waals surface area contributed by atoms with E-state index < -0.39 is 5.54 Å². The molecule has 0 aromatic carbocycles. The molecule has 0 aliphatic rings. The quantitative estimate of drug-likeness (QED) is 0.497. The summed E-state index contributed by atoms with van der Waals surface area (Å²) in [5.74, 6) is 0.0943. The third-order valence-corrected chi connectivity index (χ3v) is 2.85. The zero-order valence-corrected chi connectivity index (χ0v) is 10.5. The first kappa shape index (κ1) is 15.3. The molecule has 0 aromatic rings. The van der Waals surface area contributed by atoms with Crippen molar-refractivity contribution in [3.05, 3.63) is 0 Å². The number of nitrogens with one attached hydrogen (secondary N) is 1. The van der Waals surface area contributed by atoms with E-state index in [0.717, 1.165) is 0 Å². The van der Waals surface area contributed by atoms with Crippen LogP contribution in [0.1, 0.15) is 26.2 Å². The van der Waals surface area contributed by atoms with Crippen LogP contribution in [0.2, 0.25) is 0 Å². The summed E-state index contributed by atoms with van der Waals surface area (Å²) in [5, 5.41) is 21.5. The number of rotatable bonds is 8. The number of hydrogen-bond donors (Lipinski definition) is 3. The van der Waals surface area contributed by atoms with Gasteiger partial charge in [-0.1, -0.05) is 6.92 Å². The predicted molar refractivity (Wildman–Crippen MR) is 63.1 cm³/mol. The second-order valence-electron chi connectivity index (χ2n) is 4.27. The molecule has 0 heterocycles. The largest absolute Gasteiger partial charge is 0.394 e. The van der Waals surface area contributed by atoms with Gasteiger partial charge in [-0.25, -0.2) is 0 Å². The van der Waals surface area contributed by atoms with Crippen LogP contribution in [-0.2, 0) is 4.79 Å². The van der Waals surface area contributed by atoms with Crippen LogP contribution in [0.15, 0.2) is 0 Å². The maximum Gasteiger partial charge on any atom is 0.222 e. The normalized spacial score (nSPS) is 11.6. The molecule has 0 rings (SSSR count). The van der Waals surface area contributed by atoms with Crippen molar-refractivity contribution in [2.24, 2.45) is 0 Å². The number of aliphatic hydroxyl groups excluding tert-OH is 2. The van der Waals surface area contributed by atoms with Gasteiger partial charge < -0.3 is 20.4 Å². The molecular formula is C11H24N2O3. The third-order valence-electron chi connectivity index (χ3n) is 2.85. The number of carbonyl (C=O) groups excluding carboxylic acids is 1. The lowest BCUT2D eigenvalue weighted by atomic mass is 9.98. The van der Waals surface area contributed by atoms with Crippen LogP contribution in [0, 0.1) is 0 Å². The summed E-state index contributed by atoms with van der Waals surface area (Å²) in [6, 6.07) is 0. The van der Waals surface area contributed by atoms with Crippen LogP contribution in [-0.4, -0.2) is 60.4 Å². The van der Waals surface area contributed by atoms with Crippen molar-refractivity contribution in [2.75, 3.05) is 33.9 Å². The molecule has 0 fully saturated rings. The average Bonchev–Trinajstić information content (AvgIpc) is 2.30. The Bertz CT molecular complexity index is 195. The number of amides is 1. The van der Waals surface area contributed by atoms with E-state index in [9.17, 15) is 15.0 Å². The van der Waals surface area contributed by atoms with Gasteiger partial charge in [0.25, 0.3) is 0 Å². The van der Waals surface area contributed by atoms with Crippen LogP contribution in [0.25, 0.3) is 0 Å². The van der Waals surface area contributed by atoms with Gasteiger partial charge in [0, 0.05) is 20.5 Å². The van der Waals surface area contributed by atoms with Gasteiger partial charge in [0.2, 0.25) is 5.91 Å². The second kappa shape index (κ2) is 7.60. The number of nitrogens with zero attached hydrogens (tertiary/aromatic N) is 1. The summed E-state index contributed by atoms with van der Waals surface area (Å²) in [6.45, 7) is 2.34. The third kappa shape index (κ3) is 4.92. The smallest absolute Gasteiger partial charge is 0.222 e. The van der Waals surface area contributed by atoms with E-state index in [2.05, 4.69) is 5.32 Å². The van der Waals surface area contributed by atoms with Crippen molar-refractivity contribution in [1.29, 1.82) is 0 Å². The van der Waals surface area contributed by atoms with E-state index in [1.807, 2.05) is 6.92 Å². The van der Waals surface area contributed by atoms with Crippen LogP contribution in [0.4, 0.5) is 0 Å². The zero-order valence-electron chi connectivity index (χ0n) is 10.5. The fraction of sp³-hybridized carbons (Fsp3) is 0.909. The Kier molecular flexibility index (Phi) is 7.29. The average molecular weight is 232 g/mol. The van der Waals surface area contributed by atoms with Crippen molar-refractivity contribution in [3.8, 4) is 0 Å².